The van der Waals surface area contributed by atoms with Gasteiger partial charge in [0, 0.05) is 0 Å². The summed E-state index contributed by atoms with van der Waals surface area (Å²) in [7, 11) is 0. The van der Waals surface area contributed by atoms with Gasteiger partial charge in [-0.3, -0.25) is 0 Å². The molecule has 0 aliphatic heterocycles. The Balaban J connectivity index is -0.000000125. The van der Waals surface area contributed by atoms with E-state index in [1.165, 1.54) is 0 Å². The smallest absolute Gasteiger partial charge is 0.110 e. The summed E-state index contributed by atoms with van der Waals surface area (Å²) in [5.41, 5.74) is 4.13. The molecule has 0 amide bonds. The summed E-state index contributed by atoms with van der Waals surface area (Å²) in [4.78, 5) is 0. The molecule has 0 aromatic heterocycles. The van der Waals surface area contributed by atoms with E-state index in [0.717, 1.165) is 0 Å². The lowest BCUT2D eigenvalue weighted by Gasteiger charge is -2.11. The van der Waals surface area contributed by atoms with Gasteiger partial charge in [0.2, 0.25) is 0 Å². The van der Waals surface area contributed by atoms with E-state index in [9.17, 15) is 0 Å². The van der Waals surface area contributed by atoms with Crippen LogP contribution in [0.25, 0.3) is 0 Å². The Morgan fingerprint density at radius 1 is 1.62 bits per heavy atom. The third kappa shape index (κ3) is 15.9. The average Bonchev–Trinajstić information content (AvgIpc) is 1.35. The van der Waals surface area contributed by atoms with Crippen LogP contribution in [-0.2, 0) is 0 Å². The number of halogens is 2. The summed E-state index contributed by atoms with van der Waals surface area (Å²) in [6, 6.07) is 0. The lowest BCUT2D eigenvalue weighted by atomic mass is 10.2. The van der Waals surface area contributed by atoms with Gasteiger partial charge in [0.15, 0.2) is 0 Å². The van der Waals surface area contributed by atoms with E-state index in [2.05, 4.69) is 0 Å². The van der Waals surface area contributed by atoms with Crippen LogP contribution in [0.2, 0.25) is 0 Å². The highest BCUT2D eigenvalue weighted by atomic mass is 79.9. The Morgan fingerprint density at radius 3 is 1.75 bits per heavy atom. The van der Waals surface area contributed by atoms with E-state index in [1.54, 1.807) is 6.92 Å². The zero-order valence-corrected chi connectivity index (χ0v) is 7.58. The highest BCUT2D eigenvalue weighted by Gasteiger charge is 2.06. The van der Waals surface area contributed by atoms with Crippen LogP contribution in [0.5, 0.6) is 0 Å². The van der Waals surface area contributed by atoms with Crippen molar-refractivity contribution in [2.75, 3.05) is 0 Å². The molecule has 2 nitrogen and oxygen atoms in total. The third-order valence-electron chi connectivity index (χ3n) is 0.716. The van der Waals surface area contributed by atoms with Gasteiger partial charge in [-0.15, -0.1) is 29.4 Å². The zero-order chi connectivity index (χ0) is 5.21. The van der Waals surface area contributed by atoms with Crippen molar-refractivity contribution in [2.45, 2.75) is 26.0 Å². The maximum Gasteiger partial charge on any atom is 0.110 e. The lowest BCUT2D eigenvalue weighted by Crippen LogP contribution is -2.34. The van der Waals surface area contributed by atoms with E-state index in [1.807, 2.05) is 6.92 Å². The quantitative estimate of drug-likeness (QED) is 0.631. The number of hydrogen-bond donors (Lipinski definition) is 2. The fraction of sp³-hybridized carbons (Fsp3) is 1.00. The number of aliphatic hydroxyl groups is 1. The van der Waals surface area contributed by atoms with Crippen LogP contribution < -0.4 is 5.73 Å². The first-order valence-corrected chi connectivity index (χ1v) is 2.07. The Kier molecular flexibility index (Phi) is 11.5. The van der Waals surface area contributed by atoms with Gasteiger partial charge in [-0.25, -0.2) is 0 Å². The fourth-order valence-electron chi connectivity index (χ4n) is 0. The monoisotopic (exact) mass is 205 g/mol. The van der Waals surface area contributed by atoms with Gasteiger partial charge in [0.1, 0.15) is 5.72 Å². The molecule has 0 radical (unpaired) electrons. The molecule has 0 heterocycles. The first-order chi connectivity index (χ1) is 2.56. The minimum atomic E-state index is -0.958. The molecule has 8 heavy (non-hydrogen) atoms. The molecule has 0 saturated heterocycles. The second kappa shape index (κ2) is 5.82. The molecular weight excluding hydrogens is 193 g/mol. The van der Waals surface area contributed by atoms with E-state index in [0.29, 0.717) is 6.42 Å². The molecule has 0 fully saturated rings. The summed E-state index contributed by atoms with van der Waals surface area (Å²) in [5, 5.41) is 8.60. The fourth-order valence-corrected chi connectivity index (χ4v) is 0. The molecule has 0 saturated carbocycles. The molecule has 0 aromatic carbocycles. The summed E-state index contributed by atoms with van der Waals surface area (Å²) >= 11 is 0. The van der Waals surface area contributed by atoms with Gasteiger partial charge in [-0.05, 0) is 13.3 Å². The maximum atomic E-state index is 8.60. The topological polar surface area (TPSA) is 46.2 Å². The van der Waals surface area contributed by atoms with Gasteiger partial charge in [0.05, 0.1) is 0 Å². The summed E-state index contributed by atoms with van der Waals surface area (Å²) in [6.07, 6.45) is 0.604. The van der Waals surface area contributed by atoms with Crippen LogP contribution in [0.3, 0.4) is 0 Å². The van der Waals surface area contributed by atoms with Crippen LogP contribution in [0.15, 0.2) is 0 Å². The Hall–Kier alpha value is 0.690. The highest BCUT2D eigenvalue weighted by Crippen LogP contribution is 1.94. The summed E-state index contributed by atoms with van der Waals surface area (Å²) < 4.78 is 0. The minimum Gasteiger partial charge on any atom is -0.376 e. The Labute approximate surface area is 66.6 Å². The van der Waals surface area contributed by atoms with Crippen molar-refractivity contribution in [2.24, 2.45) is 5.73 Å². The molecule has 54 valence electrons. The minimum absolute atomic E-state index is 0. The number of rotatable bonds is 1. The first-order valence-electron chi connectivity index (χ1n) is 2.07. The molecule has 0 aliphatic rings. The predicted molar refractivity (Wildman–Crippen MR) is 42.7 cm³/mol. The van der Waals surface area contributed by atoms with Crippen molar-refractivity contribution in [3.05, 3.63) is 0 Å². The van der Waals surface area contributed by atoms with Crippen molar-refractivity contribution < 1.29 is 5.11 Å². The molecule has 4 heteroatoms. The number of hydrogen-bond acceptors (Lipinski definition) is 2. The second-order valence-electron chi connectivity index (χ2n) is 1.71. The Bertz CT molecular complexity index is 45.8. The lowest BCUT2D eigenvalue weighted by molar-refractivity contribution is 0.0632. The van der Waals surface area contributed by atoms with Crippen molar-refractivity contribution in [3.63, 3.8) is 0 Å². The Morgan fingerprint density at radius 2 is 1.75 bits per heavy atom. The van der Waals surface area contributed by atoms with Crippen LogP contribution in [-0.4, -0.2) is 10.8 Å². The third-order valence-corrected chi connectivity index (χ3v) is 0.716. The van der Waals surface area contributed by atoms with Gasteiger partial charge < -0.3 is 10.8 Å². The van der Waals surface area contributed by atoms with E-state index in [-0.39, 0.29) is 29.4 Å². The molecule has 0 rings (SSSR count). The molecule has 0 aromatic rings. The number of nitrogens with two attached hydrogens (primary N) is 1. The summed E-state index contributed by atoms with van der Waals surface area (Å²) in [6.45, 7) is 3.41. The second-order valence-corrected chi connectivity index (χ2v) is 1.71. The predicted octanol–water partition coefficient (Wildman–Crippen LogP) is 1.06. The largest absolute Gasteiger partial charge is 0.376 e. The molecule has 3 N–H and O–H groups in total. The van der Waals surface area contributed by atoms with Crippen molar-refractivity contribution >= 4 is 29.4 Å². The molecule has 1 unspecified atom stereocenters. The van der Waals surface area contributed by atoms with Crippen LogP contribution in [0, 0.1) is 0 Å². The van der Waals surface area contributed by atoms with Gasteiger partial charge >= 0.3 is 0 Å². The van der Waals surface area contributed by atoms with Gasteiger partial charge in [0.25, 0.3) is 0 Å². The molecule has 1 atom stereocenters. The maximum absolute atomic E-state index is 8.60. The van der Waals surface area contributed by atoms with E-state index >= 15 is 0 Å². The van der Waals surface area contributed by atoms with E-state index < -0.39 is 5.72 Å². The van der Waals surface area contributed by atoms with Crippen LogP contribution in [0.4, 0.5) is 0 Å². The first kappa shape index (κ1) is 15.9. The van der Waals surface area contributed by atoms with Crippen LogP contribution >= 0.6 is 29.4 Å². The highest BCUT2D eigenvalue weighted by molar-refractivity contribution is 8.93. The van der Waals surface area contributed by atoms with Crippen molar-refractivity contribution in [1.82, 2.24) is 0 Å². The summed E-state index contributed by atoms with van der Waals surface area (Å²) in [5.74, 6) is 0. The molecule has 0 bridgehead atoms. The van der Waals surface area contributed by atoms with Gasteiger partial charge in [-0.2, -0.15) is 0 Å². The van der Waals surface area contributed by atoms with E-state index in [4.69, 9.17) is 10.8 Å². The van der Waals surface area contributed by atoms with Crippen molar-refractivity contribution in [3.8, 4) is 0 Å². The van der Waals surface area contributed by atoms with Crippen molar-refractivity contribution in [1.29, 1.82) is 0 Å². The molecule has 0 spiro atoms. The normalized spacial score (nSPS) is 15.0. The molecule has 0 aliphatic carbocycles. The molecular formula is C4H13BrClNO. The zero-order valence-electron chi connectivity index (χ0n) is 5.05. The average molecular weight is 207 g/mol. The van der Waals surface area contributed by atoms with Crippen LogP contribution in [0.1, 0.15) is 20.3 Å². The standard InChI is InChI=1S/C4H11NO.BrH.ClH/c1-3-4(2,5)6;;/h6H,3,5H2,1-2H3;2*1H. The van der Waals surface area contributed by atoms with Gasteiger partial charge in [-0.1, -0.05) is 6.92 Å². The SMILES string of the molecule is Br.CCC(C)(N)O.Cl.